The van der Waals surface area contributed by atoms with E-state index in [-0.39, 0.29) is 0 Å². The van der Waals surface area contributed by atoms with Crippen molar-refractivity contribution in [1.29, 1.82) is 0 Å². The van der Waals surface area contributed by atoms with E-state index in [4.69, 9.17) is 16.7 Å². The van der Waals surface area contributed by atoms with Crippen LogP contribution in [0.5, 0.6) is 0 Å². The highest BCUT2D eigenvalue weighted by molar-refractivity contribution is 6.30. The van der Waals surface area contributed by atoms with Gasteiger partial charge in [-0.25, -0.2) is 9.26 Å². The highest BCUT2D eigenvalue weighted by atomic mass is 35.5. The Morgan fingerprint density at radius 2 is 1.68 bits per heavy atom. The van der Waals surface area contributed by atoms with Gasteiger partial charge in [0.25, 0.3) is 0 Å². The van der Waals surface area contributed by atoms with Crippen molar-refractivity contribution in [1.82, 2.24) is 9.78 Å². The van der Waals surface area contributed by atoms with Gasteiger partial charge >= 0.3 is 0 Å². The van der Waals surface area contributed by atoms with E-state index in [0.717, 1.165) is 27.5 Å². The lowest BCUT2D eigenvalue weighted by Crippen LogP contribution is -2.00. The lowest BCUT2D eigenvalue weighted by Gasteiger charge is -2.00. The van der Waals surface area contributed by atoms with Gasteiger partial charge in [0.2, 0.25) is 0 Å². The lowest BCUT2D eigenvalue weighted by molar-refractivity contribution is -0.458. The van der Waals surface area contributed by atoms with Gasteiger partial charge < -0.3 is 0 Å². The minimum Gasteiger partial charge on any atom is -0.241 e. The maximum Gasteiger partial charge on any atom is 0.174 e. The third-order valence-corrected chi connectivity index (χ3v) is 3.53. The van der Waals surface area contributed by atoms with Crippen molar-refractivity contribution >= 4 is 17.8 Å². The molecule has 22 heavy (non-hydrogen) atoms. The molecule has 0 bridgehead atoms. The molecule has 0 saturated heterocycles. The number of halogens is 1. The topological polar surface area (TPSA) is 20.8 Å². The van der Waals surface area contributed by atoms with E-state index in [1.54, 1.807) is 0 Å². The molecular formula is C18H17ClN3+. The van der Waals surface area contributed by atoms with Gasteiger partial charge in [-0.1, -0.05) is 41.9 Å². The molecule has 1 heterocycles. The summed E-state index contributed by atoms with van der Waals surface area (Å²) in [6, 6.07) is 17.9. The van der Waals surface area contributed by atoms with Gasteiger partial charge in [-0.15, -0.1) is 0 Å². The summed E-state index contributed by atoms with van der Waals surface area (Å²) in [6.45, 7) is 0. The van der Waals surface area contributed by atoms with Crippen molar-refractivity contribution in [2.24, 2.45) is 0 Å². The van der Waals surface area contributed by atoms with Crippen LogP contribution in [0, 0.1) is 0 Å². The summed E-state index contributed by atoms with van der Waals surface area (Å²) in [4.78, 5) is 0. The largest absolute Gasteiger partial charge is 0.241 e. The van der Waals surface area contributed by atoms with Gasteiger partial charge in [0.15, 0.2) is 6.21 Å². The fraction of sp³-hybridized carbons (Fsp3) is 0.111. The normalized spacial score (nSPS) is 10.5. The number of hydrogen-bond acceptors (Lipinski definition) is 1. The Labute approximate surface area is 135 Å². The van der Waals surface area contributed by atoms with Crippen LogP contribution in [-0.2, 0) is 0 Å². The average molecular weight is 311 g/mol. The van der Waals surface area contributed by atoms with Crippen LogP contribution in [0.1, 0.15) is 5.56 Å². The minimum absolute atomic E-state index is 0.726. The molecule has 0 fully saturated rings. The summed E-state index contributed by atoms with van der Waals surface area (Å²) in [5, 5.41) is 5.48. The molecule has 0 amide bonds. The molecular weight excluding hydrogens is 294 g/mol. The first-order valence-electron chi connectivity index (χ1n) is 7.06. The second kappa shape index (κ2) is 6.16. The Kier molecular flexibility index (Phi) is 4.07. The highest BCUT2D eigenvalue weighted by Crippen LogP contribution is 2.24. The maximum atomic E-state index is 5.98. The third-order valence-electron chi connectivity index (χ3n) is 3.28. The maximum absolute atomic E-state index is 5.98. The number of hydrogen-bond donors (Lipinski definition) is 0. The summed E-state index contributed by atoms with van der Waals surface area (Å²) < 4.78 is 3.92. The SMILES string of the molecule is C[N+](C)=Cc1cn(-c2ccccc2)nc1-c1ccc(Cl)cc1. The van der Waals surface area contributed by atoms with Gasteiger partial charge in [-0.05, 0) is 24.3 Å². The van der Waals surface area contributed by atoms with E-state index >= 15 is 0 Å². The Hall–Kier alpha value is -2.39. The first kappa shape index (κ1) is 14.5. The Morgan fingerprint density at radius 1 is 1.00 bits per heavy atom. The van der Waals surface area contributed by atoms with Crippen LogP contribution in [-0.4, -0.2) is 34.7 Å². The number of benzene rings is 2. The van der Waals surface area contributed by atoms with Gasteiger partial charge in [-0.3, -0.25) is 0 Å². The van der Waals surface area contributed by atoms with Crippen molar-refractivity contribution in [3.63, 3.8) is 0 Å². The van der Waals surface area contributed by atoms with Crippen LogP contribution in [0.3, 0.4) is 0 Å². The molecule has 3 aromatic rings. The average Bonchev–Trinajstić information content (AvgIpc) is 2.92. The molecule has 0 atom stereocenters. The van der Waals surface area contributed by atoms with Crippen molar-refractivity contribution in [2.45, 2.75) is 0 Å². The molecule has 0 N–H and O–H groups in total. The van der Waals surface area contributed by atoms with E-state index in [9.17, 15) is 0 Å². The van der Waals surface area contributed by atoms with Crippen LogP contribution in [0.4, 0.5) is 0 Å². The molecule has 0 saturated carbocycles. The number of aromatic nitrogens is 2. The monoisotopic (exact) mass is 310 g/mol. The first-order chi connectivity index (χ1) is 10.6. The van der Waals surface area contributed by atoms with Crippen LogP contribution in [0.25, 0.3) is 16.9 Å². The standard InChI is InChI=1S/C18H17ClN3/c1-21(2)12-15-13-22(17-6-4-3-5-7-17)20-18(15)14-8-10-16(19)11-9-14/h3-13H,1-2H3/q+1. The number of para-hydroxylation sites is 1. The summed E-state index contributed by atoms with van der Waals surface area (Å²) in [5.74, 6) is 0. The molecule has 0 aliphatic rings. The van der Waals surface area contributed by atoms with Gasteiger partial charge in [0, 0.05) is 16.8 Å². The van der Waals surface area contributed by atoms with Crippen molar-refractivity contribution in [3.05, 3.63) is 71.4 Å². The molecule has 0 radical (unpaired) electrons. The predicted molar refractivity (Wildman–Crippen MR) is 91.3 cm³/mol. The molecule has 110 valence electrons. The van der Waals surface area contributed by atoms with Crippen LogP contribution < -0.4 is 0 Å². The highest BCUT2D eigenvalue weighted by Gasteiger charge is 2.13. The molecule has 0 aliphatic carbocycles. The lowest BCUT2D eigenvalue weighted by atomic mass is 10.1. The van der Waals surface area contributed by atoms with Gasteiger partial charge in [0.1, 0.15) is 19.8 Å². The summed E-state index contributed by atoms with van der Waals surface area (Å²) in [5.41, 5.74) is 4.09. The van der Waals surface area contributed by atoms with Crippen molar-refractivity contribution in [3.8, 4) is 16.9 Å². The molecule has 3 rings (SSSR count). The van der Waals surface area contributed by atoms with Crippen LogP contribution in [0.2, 0.25) is 5.02 Å². The van der Waals surface area contributed by atoms with E-state index < -0.39 is 0 Å². The molecule has 4 heteroatoms. The van der Waals surface area contributed by atoms with E-state index in [1.165, 1.54) is 0 Å². The van der Waals surface area contributed by atoms with Gasteiger partial charge in [0.05, 0.1) is 11.3 Å². The Morgan fingerprint density at radius 3 is 2.32 bits per heavy atom. The van der Waals surface area contributed by atoms with E-state index in [0.29, 0.717) is 0 Å². The fourth-order valence-corrected chi connectivity index (χ4v) is 2.43. The Bertz CT molecular complexity index is 798. The number of rotatable bonds is 3. The van der Waals surface area contributed by atoms with Crippen molar-refractivity contribution in [2.75, 3.05) is 14.1 Å². The second-order valence-electron chi connectivity index (χ2n) is 5.31. The quantitative estimate of drug-likeness (QED) is 0.531. The van der Waals surface area contributed by atoms with Crippen LogP contribution in [0.15, 0.2) is 60.8 Å². The third kappa shape index (κ3) is 3.10. The van der Waals surface area contributed by atoms with Crippen LogP contribution >= 0.6 is 11.6 Å². The smallest absolute Gasteiger partial charge is 0.174 e. The zero-order valence-corrected chi connectivity index (χ0v) is 13.3. The molecule has 0 spiro atoms. The van der Waals surface area contributed by atoms with Gasteiger partial charge in [-0.2, -0.15) is 5.10 Å². The van der Waals surface area contributed by atoms with Crippen molar-refractivity contribution < 1.29 is 4.58 Å². The minimum atomic E-state index is 0.726. The zero-order valence-electron chi connectivity index (χ0n) is 12.6. The number of nitrogens with zero attached hydrogens (tertiary/aromatic N) is 3. The molecule has 3 nitrogen and oxygen atoms in total. The van der Waals surface area contributed by atoms with E-state index in [1.807, 2.05) is 84.1 Å². The van der Waals surface area contributed by atoms with E-state index in [2.05, 4.69) is 6.21 Å². The molecule has 0 unspecified atom stereocenters. The fourth-order valence-electron chi connectivity index (χ4n) is 2.31. The Balaban J connectivity index is 2.13. The summed E-state index contributed by atoms with van der Waals surface area (Å²) >= 11 is 5.98. The zero-order chi connectivity index (χ0) is 15.5. The molecule has 2 aromatic carbocycles. The summed E-state index contributed by atoms with van der Waals surface area (Å²) in [7, 11) is 4.01. The second-order valence-corrected chi connectivity index (χ2v) is 5.75. The molecule has 0 aliphatic heterocycles. The predicted octanol–water partition coefficient (Wildman–Crippen LogP) is 3.88. The molecule has 1 aromatic heterocycles. The summed E-state index contributed by atoms with van der Waals surface area (Å²) in [6.07, 6.45) is 4.11. The first-order valence-corrected chi connectivity index (χ1v) is 7.43.